The van der Waals surface area contributed by atoms with E-state index in [1.807, 2.05) is 13.8 Å². The zero-order valence-corrected chi connectivity index (χ0v) is 12.6. The van der Waals surface area contributed by atoms with Crippen molar-refractivity contribution in [3.05, 3.63) is 21.9 Å². The summed E-state index contributed by atoms with van der Waals surface area (Å²) in [6, 6.07) is 2.63. The first-order valence-corrected chi connectivity index (χ1v) is 7.76. The molecule has 0 aromatic carbocycles. The first kappa shape index (κ1) is 17.5. The molecule has 2 rings (SSSR count). The smallest absolute Gasteiger partial charge is 0.353 e. The molecule has 1 aliphatic heterocycles. The molecule has 0 saturated carbocycles. The number of halogens is 3. The molecular formula is C14H21F3O2S. The highest BCUT2D eigenvalue weighted by molar-refractivity contribution is 7.12. The van der Waals surface area contributed by atoms with Crippen LogP contribution in [0.25, 0.3) is 0 Å². The van der Waals surface area contributed by atoms with Crippen molar-refractivity contribution in [3.63, 3.8) is 0 Å². The third-order valence-corrected chi connectivity index (χ3v) is 3.92. The molecule has 1 aliphatic rings. The van der Waals surface area contributed by atoms with Crippen LogP contribution in [0.3, 0.4) is 0 Å². The second-order valence-electron chi connectivity index (χ2n) is 4.18. The first-order chi connectivity index (χ1) is 9.55. The Balaban J connectivity index is 0.000000956. The Hall–Kier alpha value is -0.590. The lowest BCUT2D eigenvalue weighted by Gasteiger charge is -2.22. The first-order valence-electron chi connectivity index (χ1n) is 6.95. The highest BCUT2D eigenvalue weighted by Gasteiger charge is 2.32. The molecule has 2 heterocycles. The summed E-state index contributed by atoms with van der Waals surface area (Å²) in [5, 5.41) is 0. The molecule has 2 nitrogen and oxygen atoms in total. The predicted octanol–water partition coefficient (Wildman–Crippen LogP) is 4.88. The van der Waals surface area contributed by atoms with E-state index >= 15 is 0 Å². The van der Waals surface area contributed by atoms with Gasteiger partial charge in [-0.3, -0.25) is 0 Å². The summed E-state index contributed by atoms with van der Waals surface area (Å²) in [7, 11) is 0. The molecule has 0 bridgehead atoms. The zero-order chi connectivity index (χ0) is 15.0. The number of ether oxygens (including phenoxy) is 2. The Morgan fingerprint density at radius 1 is 1.30 bits per heavy atom. The van der Waals surface area contributed by atoms with Crippen LogP contribution in [0.15, 0.2) is 12.1 Å². The zero-order valence-electron chi connectivity index (χ0n) is 11.8. The Morgan fingerprint density at radius 2 is 2.05 bits per heavy atom. The average Bonchev–Trinajstić information content (AvgIpc) is 2.91. The van der Waals surface area contributed by atoms with Gasteiger partial charge in [-0.05, 0) is 31.4 Å². The maximum atomic E-state index is 12.4. The normalized spacial score (nSPS) is 19.4. The molecule has 1 aromatic rings. The summed E-state index contributed by atoms with van der Waals surface area (Å²) in [4.78, 5) is 0.143. The van der Waals surface area contributed by atoms with E-state index in [9.17, 15) is 13.2 Å². The van der Waals surface area contributed by atoms with Crippen molar-refractivity contribution < 1.29 is 22.6 Å². The molecule has 1 atom stereocenters. The molecule has 1 saturated heterocycles. The lowest BCUT2D eigenvalue weighted by atomic mass is 10.2. The van der Waals surface area contributed by atoms with Crippen LogP contribution in [-0.2, 0) is 22.1 Å². The van der Waals surface area contributed by atoms with E-state index < -0.39 is 11.1 Å². The van der Waals surface area contributed by atoms with Crippen LogP contribution in [0.2, 0.25) is 0 Å². The van der Waals surface area contributed by atoms with Gasteiger partial charge < -0.3 is 9.47 Å². The van der Waals surface area contributed by atoms with Crippen LogP contribution < -0.4 is 0 Å². The van der Waals surface area contributed by atoms with Gasteiger partial charge >= 0.3 is 6.18 Å². The minimum absolute atomic E-state index is 0.180. The molecule has 1 fully saturated rings. The fourth-order valence-electron chi connectivity index (χ4n) is 1.80. The summed E-state index contributed by atoms with van der Waals surface area (Å²) in [5.74, 6) is 0. The minimum Gasteiger partial charge on any atom is -0.353 e. The molecule has 0 N–H and O–H groups in total. The quantitative estimate of drug-likeness (QED) is 0.789. The highest BCUT2D eigenvalue weighted by Crippen LogP contribution is 2.34. The average molecular weight is 310 g/mol. The molecule has 0 radical (unpaired) electrons. The van der Waals surface area contributed by atoms with Crippen LogP contribution >= 0.6 is 11.3 Å². The van der Waals surface area contributed by atoms with E-state index in [1.54, 1.807) is 0 Å². The number of hydrogen-bond acceptors (Lipinski definition) is 3. The van der Waals surface area contributed by atoms with Gasteiger partial charge in [0.05, 0.1) is 6.61 Å². The van der Waals surface area contributed by atoms with Crippen molar-refractivity contribution in [1.82, 2.24) is 0 Å². The second-order valence-corrected chi connectivity index (χ2v) is 5.35. The van der Waals surface area contributed by atoms with Crippen LogP contribution in [0.4, 0.5) is 13.2 Å². The second kappa shape index (κ2) is 8.64. The van der Waals surface area contributed by atoms with Crippen LogP contribution in [-0.4, -0.2) is 19.5 Å². The van der Waals surface area contributed by atoms with Gasteiger partial charge in [0.2, 0.25) is 0 Å². The third-order valence-electron chi connectivity index (χ3n) is 2.73. The van der Waals surface area contributed by atoms with E-state index in [2.05, 4.69) is 0 Å². The number of alkyl halides is 3. The van der Waals surface area contributed by atoms with Gasteiger partial charge in [-0.2, -0.15) is 13.2 Å². The summed E-state index contributed by atoms with van der Waals surface area (Å²) in [5.41, 5.74) is 0. The Labute approximate surface area is 121 Å². The Bertz CT molecular complexity index is 371. The third kappa shape index (κ3) is 5.81. The molecule has 20 heavy (non-hydrogen) atoms. The van der Waals surface area contributed by atoms with Gasteiger partial charge in [0, 0.05) is 17.9 Å². The summed E-state index contributed by atoms with van der Waals surface area (Å²) in [6.45, 7) is 5.12. The summed E-state index contributed by atoms with van der Waals surface area (Å²) in [6.07, 6.45) is -0.905. The monoisotopic (exact) mass is 310 g/mol. The van der Waals surface area contributed by atoms with E-state index in [-0.39, 0.29) is 6.29 Å². The fraction of sp³-hybridized carbons (Fsp3) is 0.714. The largest absolute Gasteiger partial charge is 0.425 e. The van der Waals surface area contributed by atoms with Crippen molar-refractivity contribution in [2.24, 2.45) is 0 Å². The Kier molecular flexibility index (Phi) is 7.55. The molecule has 1 unspecified atom stereocenters. The van der Waals surface area contributed by atoms with Gasteiger partial charge in [0.15, 0.2) is 6.29 Å². The maximum absolute atomic E-state index is 12.4. The van der Waals surface area contributed by atoms with Crippen molar-refractivity contribution in [1.29, 1.82) is 0 Å². The molecule has 116 valence electrons. The van der Waals surface area contributed by atoms with E-state index in [0.29, 0.717) is 24.5 Å². The lowest BCUT2D eigenvalue weighted by Crippen LogP contribution is -2.23. The van der Waals surface area contributed by atoms with E-state index in [1.165, 1.54) is 6.07 Å². The molecule has 6 heteroatoms. The fourth-order valence-corrected chi connectivity index (χ4v) is 2.65. The van der Waals surface area contributed by atoms with E-state index in [4.69, 9.17) is 9.47 Å². The number of rotatable bonds is 4. The van der Waals surface area contributed by atoms with Gasteiger partial charge in [-0.15, -0.1) is 11.3 Å². The lowest BCUT2D eigenvalue weighted by molar-refractivity contribution is -0.161. The van der Waals surface area contributed by atoms with Crippen LogP contribution in [0, 0.1) is 0 Å². The maximum Gasteiger partial charge on any atom is 0.425 e. The number of thiophene rings is 1. The van der Waals surface area contributed by atoms with Crippen molar-refractivity contribution in [2.75, 3.05) is 13.2 Å². The van der Waals surface area contributed by atoms with Crippen molar-refractivity contribution >= 4 is 11.3 Å². The predicted molar refractivity (Wildman–Crippen MR) is 73.9 cm³/mol. The van der Waals surface area contributed by atoms with E-state index in [0.717, 1.165) is 36.7 Å². The topological polar surface area (TPSA) is 18.5 Å². The molecule has 0 aliphatic carbocycles. The summed E-state index contributed by atoms with van der Waals surface area (Å²) < 4.78 is 48.0. The number of hydrogen-bond donors (Lipinski definition) is 0. The van der Waals surface area contributed by atoms with Crippen molar-refractivity contribution in [3.8, 4) is 0 Å². The highest BCUT2D eigenvalue weighted by atomic mass is 32.1. The van der Waals surface area contributed by atoms with Gasteiger partial charge in [0.25, 0.3) is 0 Å². The Morgan fingerprint density at radius 3 is 2.60 bits per heavy atom. The van der Waals surface area contributed by atoms with Crippen LogP contribution in [0.5, 0.6) is 0 Å². The van der Waals surface area contributed by atoms with Gasteiger partial charge in [-0.1, -0.05) is 13.8 Å². The molecule has 0 amide bonds. The molecule has 0 spiro atoms. The van der Waals surface area contributed by atoms with Crippen molar-refractivity contribution in [2.45, 2.75) is 52.0 Å². The van der Waals surface area contributed by atoms with Gasteiger partial charge in [0.1, 0.15) is 4.88 Å². The van der Waals surface area contributed by atoms with Gasteiger partial charge in [-0.25, -0.2) is 0 Å². The molecular weight excluding hydrogens is 289 g/mol. The van der Waals surface area contributed by atoms with Crippen LogP contribution in [0.1, 0.15) is 42.9 Å². The SMILES string of the molecule is CC.FC(F)(F)c1ccc(CCOC2CCCCO2)s1. The summed E-state index contributed by atoms with van der Waals surface area (Å²) >= 11 is 0.781. The molecule has 1 aromatic heterocycles. The minimum atomic E-state index is -4.24. The standard InChI is InChI=1S/C12H15F3O2S.C2H6/c13-12(14,15)10-5-4-9(18-10)6-8-17-11-3-1-2-7-16-11;1-2/h4-5,11H,1-3,6-8H2;1-2H3.